The van der Waals surface area contributed by atoms with Gasteiger partial charge in [0.25, 0.3) is 0 Å². The molecule has 0 amide bonds. The Morgan fingerprint density at radius 2 is 1.86 bits per heavy atom. The fourth-order valence-corrected chi connectivity index (χ4v) is 8.88. The highest BCUT2D eigenvalue weighted by molar-refractivity contribution is 5.25. The van der Waals surface area contributed by atoms with Crippen molar-refractivity contribution in [1.29, 1.82) is 0 Å². The molecule has 0 bridgehead atoms. The van der Waals surface area contributed by atoms with Gasteiger partial charge in [-0.2, -0.15) is 0 Å². The summed E-state index contributed by atoms with van der Waals surface area (Å²) in [6, 6.07) is 0.393. The normalized spacial score (nSPS) is 47.9. The molecule has 0 spiro atoms. The first-order valence-corrected chi connectivity index (χ1v) is 12.8. The quantitative estimate of drug-likeness (QED) is 0.529. The average molecular weight is 402 g/mol. The van der Waals surface area contributed by atoms with Crippen molar-refractivity contribution in [2.45, 2.75) is 111 Å². The number of rotatable bonds is 5. The number of aliphatic hydroxyl groups is 1. The van der Waals surface area contributed by atoms with Crippen LogP contribution in [0.1, 0.15) is 98.8 Å². The molecule has 0 saturated heterocycles. The van der Waals surface area contributed by atoms with Gasteiger partial charge in [0.2, 0.25) is 0 Å². The van der Waals surface area contributed by atoms with Crippen LogP contribution in [-0.2, 0) is 0 Å². The summed E-state index contributed by atoms with van der Waals surface area (Å²) in [4.78, 5) is 0. The maximum absolute atomic E-state index is 10.2. The molecule has 1 unspecified atom stereocenters. The second-order valence-corrected chi connectivity index (χ2v) is 12.4. The third kappa shape index (κ3) is 3.65. The third-order valence-electron chi connectivity index (χ3n) is 10.3. The molecule has 4 aliphatic rings. The van der Waals surface area contributed by atoms with Gasteiger partial charge in [-0.3, -0.25) is 0 Å². The van der Waals surface area contributed by atoms with Crippen molar-refractivity contribution in [3.63, 3.8) is 0 Å². The monoisotopic (exact) mass is 401 g/mol. The number of allylic oxidation sites excluding steroid dienone is 1. The number of hydrogen-bond donors (Lipinski definition) is 2. The van der Waals surface area contributed by atoms with Crippen molar-refractivity contribution in [2.24, 2.45) is 52.1 Å². The Bertz CT molecular complexity index is 626. The second kappa shape index (κ2) is 7.97. The minimum absolute atomic E-state index is 0.101. The van der Waals surface area contributed by atoms with E-state index in [0.717, 1.165) is 42.4 Å². The molecule has 9 atom stereocenters. The maximum Gasteiger partial charge on any atom is 0.0577 e. The molecule has 2 heteroatoms. The van der Waals surface area contributed by atoms with Crippen LogP contribution in [0.25, 0.3) is 0 Å². The molecule has 3 N–H and O–H groups in total. The average Bonchev–Trinajstić information content (AvgIpc) is 2.92. The first kappa shape index (κ1) is 21.9. The Hall–Kier alpha value is -0.340. The molecule has 0 heterocycles. The van der Waals surface area contributed by atoms with E-state index < -0.39 is 0 Å². The molecular formula is C27H47NO. The molecular weight excluding hydrogens is 354 g/mol. The van der Waals surface area contributed by atoms with E-state index in [0.29, 0.717) is 22.8 Å². The summed E-state index contributed by atoms with van der Waals surface area (Å²) < 4.78 is 0. The largest absolute Gasteiger partial charge is 0.393 e. The van der Waals surface area contributed by atoms with Crippen molar-refractivity contribution < 1.29 is 5.11 Å². The van der Waals surface area contributed by atoms with E-state index in [4.69, 9.17) is 5.73 Å². The molecule has 29 heavy (non-hydrogen) atoms. The van der Waals surface area contributed by atoms with Gasteiger partial charge in [0, 0.05) is 6.04 Å². The fraction of sp³-hybridized carbons (Fsp3) is 0.926. The summed E-state index contributed by atoms with van der Waals surface area (Å²) in [5.74, 6) is 4.70. The Morgan fingerprint density at radius 1 is 1.10 bits per heavy atom. The lowest BCUT2D eigenvalue weighted by atomic mass is 9.47. The summed E-state index contributed by atoms with van der Waals surface area (Å²) >= 11 is 0. The number of aliphatic hydroxyl groups excluding tert-OH is 1. The molecule has 0 aromatic carbocycles. The second-order valence-electron chi connectivity index (χ2n) is 12.4. The Labute approximate surface area is 180 Å². The molecule has 0 aromatic rings. The highest BCUT2D eigenvalue weighted by atomic mass is 16.3. The first-order chi connectivity index (χ1) is 13.7. The molecule has 4 aliphatic carbocycles. The van der Waals surface area contributed by atoms with E-state index >= 15 is 0 Å². The molecule has 0 radical (unpaired) electrons. The van der Waals surface area contributed by atoms with Crippen molar-refractivity contribution in [2.75, 3.05) is 0 Å². The predicted molar refractivity (Wildman–Crippen MR) is 122 cm³/mol. The minimum atomic E-state index is -0.101. The molecule has 2 nitrogen and oxygen atoms in total. The Balaban J connectivity index is 1.53. The lowest BCUT2D eigenvalue weighted by Crippen LogP contribution is -2.51. The van der Waals surface area contributed by atoms with Crippen molar-refractivity contribution in [3.8, 4) is 0 Å². The van der Waals surface area contributed by atoms with Crippen LogP contribution in [0.3, 0.4) is 0 Å². The zero-order chi connectivity index (χ0) is 21.0. The lowest BCUT2D eigenvalue weighted by molar-refractivity contribution is -0.0577. The summed E-state index contributed by atoms with van der Waals surface area (Å²) in [6.07, 6.45) is 14.9. The van der Waals surface area contributed by atoms with Crippen molar-refractivity contribution >= 4 is 0 Å². The van der Waals surface area contributed by atoms with Gasteiger partial charge in [-0.1, -0.05) is 65.5 Å². The predicted octanol–water partition coefficient (Wildman–Crippen LogP) is 6.33. The standard InChI is InChI=1S/C27H47NO/c1-17(2)7-6-8-18(3)25-24(28)16-23-21-10-9-19-15-20(29)11-13-26(19,4)22(21)12-14-27(23,25)5/h9,17-18,20-25,29H,6-8,10-16,28H2,1-5H3/t18-,20+,21-,22+,23+,24?,25+,26+,27+/m1/s1. The molecule has 4 rings (SSSR count). The van der Waals surface area contributed by atoms with E-state index in [2.05, 4.69) is 40.7 Å². The van der Waals surface area contributed by atoms with Gasteiger partial charge in [0.05, 0.1) is 6.10 Å². The van der Waals surface area contributed by atoms with Gasteiger partial charge in [-0.05, 0) is 91.3 Å². The van der Waals surface area contributed by atoms with E-state index in [-0.39, 0.29) is 6.10 Å². The first-order valence-electron chi connectivity index (χ1n) is 12.8. The summed E-state index contributed by atoms with van der Waals surface area (Å²) in [6.45, 7) is 12.4. The Kier molecular flexibility index (Phi) is 6.01. The van der Waals surface area contributed by atoms with Crippen molar-refractivity contribution in [1.82, 2.24) is 0 Å². The van der Waals surface area contributed by atoms with E-state index in [1.54, 1.807) is 5.57 Å². The zero-order valence-electron chi connectivity index (χ0n) is 19.8. The van der Waals surface area contributed by atoms with Crippen LogP contribution in [0.15, 0.2) is 11.6 Å². The number of hydrogen-bond acceptors (Lipinski definition) is 2. The van der Waals surface area contributed by atoms with Gasteiger partial charge < -0.3 is 10.8 Å². The van der Waals surface area contributed by atoms with Crippen LogP contribution in [0.2, 0.25) is 0 Å². The fourth-order valence-electron chi connectivity index (χ4n) is 8.88. The zero-order valence-corrected chi connectivity index (χ0v) is 19.8. The lowest BCUT2D eigenvalue weighted by Gasteiger charge is -2.58. The van der Waals surface area contributed by atoms with Gasteiger partial charge in [0.15, 0.2) is 0 Å². The van der Waals surface area contributed by atoms with Crippen LogP contribution >= 0.6 is 0 Å². The van der Waals surface area contributed by atoms with Crippen LogP contribution in [0, 0.1) is 46.3 Å². The minimum Gasteiger partial charge on any atom is -0.393 e. The van der Waals surface area contributed by atoms with E-state index in [1.165, 1.54) is 51.4 Å². The number of fused-ring (bicyclic) bond motifs is 5. The van der Waals surface area contributed by atoms with Crippen molar-refractivity contribution in [3.05, 3.63) is 11.6 Å². The molecule has 0 aliphatic heterocycles. The molecule has 166 valence electrons. The summed E-state index contributed by atoms with van der Waals surface area (Å²) in [7, 11) is 0. The Morgan fingerprint density at radius 3 is 2.59 bits per heavy atom. The van der Waals surface area contributed by atoms with Gasteiger partial charge in [0.1, 0.15) is 0 Å². The molecule has 0 aromatic heterocycles. The van der Waals surface area contributed by atoms with Gasteiger partial charge in [-0.15, -0.1) is 0 Å². The SMILES string of the molecule is CC(C)CCC[C@@H](C)[C@H]1C(N)C[C@H]2[C@@H]3CC=C4C[C@@H](O)CC[C@]4(C)[C@H]3CC[C@]12C. The smallest absolute Gasteiger partial charge is 0.0577 e. The highest BCUT2D eigenvalue weighted by Gasteiger charge is 2.61. The summed E-state index contributed by atoms with van der Waals surface area (Å²) in [5, 5.41) is 10.2. The van der Waals surface area contributed by atoms with Gasteiger partial charge in [-0.25, -0.2) is 0 Å². The third-order valence-corrected chi connectivity index (χ3v) is 10.3. The van der Waals surface area contributed by atoms with Crippen LogP contribution < -0.4 is 5.73 Å². The van der Waals surface area contributed by atoms with Crippen LogP contribution in [0.5, 0.6) is 0 Å². The number of nitrogens with two attached hydrogens (primary N) is 1. The topological polar surface area (TPSA) is 46.2 Å². The summed E-state index contributed by atoms with van der Waals surface area (Å²) in [5.41, 5.74) is 9.28. The van der Waals surface area contributed by atoms with Gasteiger partial charge >= 0.3 is 0 Å². The maximum atomic E-state index is 10.2. The van der Waals surface area contributed by atoms with E-state index in [9.17, 15) is 5.11 Å². The highest BCUT2D eigenvalue weighted by Crippen LogP contribution is 2.67. The van der Waals surface area contributed by atoms with Crippen LogP contribution in [0.4, 0.5) is 0 Å². The molecule has 3 fully saturated rings. The van der Waals surface area contributed by atoms with Crippen LogP contribution in [-0.4, -0.2) is 17.3 Å². The van der Waals surface area contributed by atoms with E-state index in [1.807, 2.05) is 0 Å². The molecule has 3 saturated carbocycles.